The molecule has 0 saturated carbocycles. The number of allylic oxidation sites excluding steroid dienone is 6. The van der Waals surface area contributed by atoms with Crippen LogP contribution in [0.4, 0.5) is 0 Å². The lowest BCUT2D eigenvalue weighted by Crippen LogP contribution is -2.46. The summed E-state index contributed by atoms with van der Waals surface area (Å²) in [6, 6.07) is -0.708. The quantitative estimate of drug-likeness (QED) is 0.0244. The van der Waals surface area contributed by atoms with E-state index in [-0.39, 0.29) is 24.9 Å². The molecule has 0 aliphatic rings. The van der Waals surface area contributed by atoms with Crippen LogP contribution in [0.15, 0.2) is 36.5 Å². The van der Waals surface area contributed by atoms with E-state index >= 15 is 0 Å². The number of nitrogens with one attached hydrogen (secondary N) is 1. The number of hydrogen-bond acceptors (Lipinski definition) is 5. The molecule has 0 heterocycles. The van der Waals surface area contributed by atoms with Crippen molar-refractivity contribution in [2.75, 3.05) is 6.61 Å². The predicted molar refractivity (Wildman–Crippen MR) is 282 cm³/mol. The number of hydrogen-bond donors (Lipinski definition) is 3. The number of ether oxygens (including phenoxy) is 1. The Kier molecular flexibility index (Phi) is 51.5. The van der Waals surface area contributed by atoms with E-state index in [1.165, 1.54) is 186 Å². The van der Waals surface area contributed by atoms with Gasteiger partial charge in [-0.05, 0) is 77.0 Å². The molecule has 0 aromatic carbocycles. The van der Waals surface area contributed by atoms with Crippen molar-refractivity contribution in [2.24, 2.45) is 0 Å². The Morgan fingerprint density at radius 2 is 0.785 bits per heavy atom. The molecule has 0 radical (unpaired) electrons. The molecule has 6 heteroatoms. The number of carbonyl (C=O) groups is 2. The molecule has 0 aliphatic carbocycles. The smallest absolute Gasteiger partial charge is 0.306 e. The highest BCUT2D eigenvalue weighted by Gasteiger charge is 2.24. The van der Waals surface area contributed by atoms with E-state index in [1.807, 2.05) is 0 Å². The molecule has 0 bridgehead atoms. The zero-order chi connectivity index (χ0) is 47.4. The van der Waals surface area contributed by atoms with Gasteiger partial charge in [-0.2, -0.15) is 0 Å². The Balaban J connectivity index is 4.56. The Hall–Kier alpha value is -1.92. The molecule has 382 valence electrons. The van der Waals surface area contributed by atoms with Gasteiger partial charge in [0, 0.05) is 6.42 Å². The fraction of sp³-hybridized carbons (Fsp3) is 0.864. The molecule has 0 aromatic heterocycles. The van der Waals surface area contributed by atoms with Crippen molar-refractivity contribution in [3.63, 3.8) is 0 Å². The zero-order valence-corrected chi connectivity index (χ0v) is 43.6. The van der Waals surface area contributed by atoms with Crippen LogP contribution in [-0.4, -0.2) is 46.9 Å². The van der Waals surface area contributed by atoms with Crippen LogP contribution in [0.1, 0.15) is 303 Å². The first-order valence-electron chi connectivity index (χ1n) is 28.7. The Bertz CT molecular complexity index is 1070. The van der Waals surface area contributed by atoms with Gasteiger partial charge >= 0.3 is 5.97 Å². The summed E-state index contributed by atoms with van der Waals surface area (Å²) >= 11 is 0. The van der Waals surface area contributed by atoms with Gasteiger partial charge in [-0.15, -0.1) is 0 Å². The van der Waals surface area contributed by atoms with E-state index in [0.717, 1.165) is 70.6 Å². The molecular weight excluding hydrogens is 803 g/mol. The molecule has 3 N–H and O–H groups in total. The summed E-state index contributed by atoms with van der Waals surface area (Å²) in [6.45, 7) is 6.49. The first kappa shape index (κ1) is 63.1. The molecule has 0 rings (SSSR count). The predicted octanol–water partition coefficient (Wildman–Crippen LogP) is 17.6. The average Bonchev–Trinajstić information content (AvgIpc) is 3.30. The summed E-state index contributed by atoms with van der Waals surface area (Å²) in [5.74, 6) is -0.490. The summed E-state index contributed by atoms with van der Waals surface area (Å²) in [5, 5.41) is 23.8. The molecule has 3 atom stereocenters. The largest absolute Gasteiger partial charge is 0.462 e. The maximum absolute atomic E-state index is 13.2. The summed E-state index contributed by atoms with van der Waals surface area (Å²) in [6.07, 6.45) is 63.5. The van der Waals surface area contributed by atoms with E-state index in [2.05, 4.69) is 62.5 Å². The molecule has 0 spiro atoms. The second-order valence-electron chi connectivity index (χ2n) is 19.7. The van der Waals surface area contributed by atoms with Crippen LogP contribution in [0.5, 0.6) is 0 Å². The average molecular weight is 915 g/mol. The third-order valence-corrected chi connectivity index (χ3v) is 13.2. The molecular formula is C59H111NO5. The monoisotopic (exact) mass is 914 g/mol. The number of amides is 1. The first-order chi connectivity index (χ1) is 32.0. The minimum absolute atomic E-state index is 0.0618. The van der Waals surface area contributed by atoms with E-state index in [9.17, 15) is 19.8 Å². The lowest BCUT2D eigenvalue weighted by Gasteiger charge is -2.24. The van der Waals surface area contributed by atoms with E-state index in [0.29, 0.717) is 19.3 Å². The SMILES string of the molecule is CCCCCCCC/C=C/CCCCCCCCCCCC(=O)OC(CCCCC/C=C/C=C/CCCCCCCCC)CC(=O)NC(CO)C(O)CCCCCCCCCCCCC. The Labute approximate surface area is 404 Å². The number of aliphatic hydroxyl groups excluding tert-OH is 2. The van der Waals surface area contributed by atoms with Crippen LogP contribution >= 0.6 is 0 Å². The van der Waals surface area contributed by atoms with Gasteiger partial charge < -0.3 is 20.3 Å². The Morgan fingerprint density at radius 3 is 1.20 bits per heavy atom. The highest BCUT2D eigenvalue weighted by Crippen LogP contribution is 2.18. The summed E-state index contributed by atoms with van der Waals surface area (Å²) in [4.78, 5) is 26.2. The van der Waals surface area contributed by atoms with Crippen molar-refractivity contribution in [1.82, 2.24) is 5.32 Å². The van der Waals surface area contributed by atoms with Crippen LogP contribution in [0.25, 0.3) is 0 Å². The van der Waals surface area contributed by atoms with Crippen LogP contribution in [0.2, 0.25) is 0 Å². The van der Waals surface area contributed by atoms with Gasteiger partial charge in [0.1, 0.15) is 6.10 Å². The lowest BCUT2D eigenvalue weighted by atomic mass is 10.0. The van der Waals surface area contributed by atoms with Crippen LogP contribution in [0.3, 0.4) is 0 Å². The number of rotatable bonds is 52. The van der Waals surface area contributed by atoms with Gasteiger partial charge in [0.15, 0.2) is 0 Å². The molecule has 3 unspecified atom stereocenters. The number of aliphatic hydroxyl groups is 2. The fourth-order valence-corrected chi connectivity index (χ4v) is 8.83. The lowest BCUT2D eigenvalue weighted by molar-refractivity contribution is -0.151. The van der Waals surface area contributed by atoms with Gasteiger partial charge in [0.25, 0.3) is 0 Å². The minimum atomic E-state index is -0.793. The van der Waals surface area contributed by atoms with Crippen molar-refractivity contribution < 1.29 is 24.5 Å². The molecule has 0 aromatic rings. The van der Waals surface area contributed by atoms with E-state index in [4.69, 9.17) is 4.74 Å². The summed E-state index contributed by atoms with van der Waals surface area (Å²) in [5.41, 5.74) is 0. The molecule has 1 amide bonds. The number of carbonyl (C=O) groups excluding carboxylic acids is 2. The second-order valence-corrected chi connectivity index (χ2v) is 19.7. The van der Waals surface area contributed by atoms with E-state index in [1.54, 1.807) is 0 Å². The minimum Gasteiger partial charge on any atom is -0.462 e. The number of unbranched alkanes of at least 4 members (excludes halogenated alkanes) is 35. The number of esters is 1. The summed E-state index contributed by atoms with van der Waals surface area (Å²) < 4.78 is 5.95. The van der Waals surface area contributed by atoms with Gasteiger partial charge in [-0.1, -0.05) is 250 Å². The van der Waals surface area contributed by atoms with Gasteiger partial charge in [0.2, 0.25) is 5.91 Å². The zero-order valence-electron chi connectivity index (χ0n) is 43.6. The van der Waals surface area contributed by atoms with E-state index < -0.39 is 18.2 Å². The molecule has 0 saturated heterocycles. The van der Waals surface area contributed by atoms with Crippen molar-refractivity contribution in [1.29, 1.82) is 0 Å². The third-order valence-electron chi connectivity index (χ3n) is 13.2. The molecule has 0 aliphatic heterocycles. The maximum atomic E-state index is 13.2. The normalized spacial score (nSPS) is 13.4. The van der Waals surface area contributed by atoms with Crippen LogP contribution < -0.4 is 5.32 Å². The Morgan fingerprint density at radius 1 is 0.446 bits per heavy atom. The third kappa shape index (κ3) is 48.3. The van der Waals surface area contributed by atoms with Gasteiger partial charge in [0.05, 0.1) is 25.2 Å². The molecule has 0 fully saturated rings. The van der Waals surface area contributed by atoms with Crippen molar-refractivity contribution in [2.45, 2.75) is 322 Å². The molecule has 6 nitrogen and oxygen atoms in total. The maximum Gasteiger partial charge on any atom is 0.306 e. The van der Waals surface area contributed by atoms with Crippen LogP contribution in [0, 0.1) is 0 Å². The summed E-state index contributed by atoms with van der Waals surface area (Å²) in [7, 11) is 0. The van der Waals surface area contributed by atoms with Crippen molar-refractivity contribution in [3.05, 3.63) is 36.5 Å². The van der Waals surface area contributed by atoms with Crippen molar-refractivity contribution >= 4 is 11.9 Å². The van der Waals surface area contributed by atoms with Crippen molar-refractivity contribution in [3.8, 4) is 0 Å². The topological polar surface area (TPSA) is 95.9 Å². The fourth-order valence-electron chi connectivity index (χ4n) is 8.83. The van der Waals surface area contributed by atoms with Gasteiger partial charge in [-0.25, -0.2) is 0 Å². The highest BCUT2D eigenvalue weighted by atomic mass is 16.5. The van der Waals surface area contributed by atoms with Crippen LogP contribution in [-0.2, 0) is 14.3 Å². The first-order valence-corrected chi connectivity index (χ1v) is 28.7. The highest BCUT2D eigenvalue weighted by molar-refractivity contribution is 5.77. The van der Waals surface area contributed by atoms with Gasteiger partial charge in [-0.3, -0.25) is 9.59 Å². The second kappa shape index (κ2) is 53.0. The standard InChI is InChI=1S/C59H111NO5/c1-4-7-10-13-16-19-22-24-26-28-29-30-32-34-37-40-43-46-49-52-59(64)65-55(50-47-44-41-38-36-33-31-27-25-23-20-17-14-11-8-5-2)53-58(63)60-56(54-61)57(62)51-48-45-42-39-35-21-18-15-12-9-6-3/h24,26-27,31,33,36,55-57,61-62H,4-23,25,28-30,32,34-35,37-54H2,1-3H3,(H,60,63)/b26-24+,31-27+,36-33+. The molecule has 65 heavy (non-hydrogen) atoms.